The highest BCUT2D eigenvalue weighted by atomic mass is 19.1. The third kappa shape index (κ3) is 3.73. The maximum atomic E-state index is 13.9. The van der Waals surface area contributed by atoms with Crippen molar-refractivity contribution in [2.45, 2.75) is 0 Å². The molecule has 7 nitrogen and oxygen atoms in total. The number of hydrogen-bond donors (Lipinski definition) is 1. The number of carbonyl (C=O) groups is 1. The number of benzene rings is 2. The Labute approximate surface area is 166 Å². The van der Waals surface area contributed by atoms with Gasteiger partial charge in [-0.2, -0.15) is 0 Å². The number of hydrogen-bond acceptors (Lipinski definition) is 5. The first-order valence-corrected chi connectivity index (χ1v) is 8.85. The Balaban J connectivity index is 1.62. The number of nitrogens with zero attached hydrogens (tertiary/aromatic N) is 4. The van der Waals surface area contributed by atoms with E-state index in [2.05, 4.69) is 15.3 Å². The van der Waals surface area contributed by atoms with E-state index in [1.807, 2.05) is 23.7 Å². The zero-order valence-electron chi connectivity index (χ0n) is 15.8. The molecule has 0 saturated carbocycles. The molecule has 0 radical (unpaired) electrons. The van der Waals surface area contributed by atoms with Crippen molar-refractivity contribution in [2.75, 3.05) is 17.3 Å². The third-order valence-corrected chi connectivity index (χ3v) is 4.44. The SMILES string of the molecule is CN(C=O)c1cc(Oc2ccc3c(c2)nc(Nc2ccccc2F)n3C)ccn1. The monoisotopic (exact) mass is 391 g/mol. The molecular weight excluding hydrogens is 373 g/mol. The molecule has 8 heteroatoms. The van der Waals surface area contributed by atoms with Gasteiger partial charge in [0, 0.05) is 32.4 Å². The number of anilines is 3. The van der Waals surface area contributed by atoms with Crippen LogP contribution in [0.5, 0.6) is 11.5 Å². The fraction of sp³-hybridized carbons (Fsp3) is 0.0952. The van der Waals surface area contributed by atoms with E-state index in [1.165, 1.54) is 11.0 Å². The van der Waals surface area contributed by atoms with Gasteiger partial charge in [0.15, 0.2) is 0 Å². The summed E-state index contributed by atoms with van der Waals surface area (Å²) in [4.78, 5) is 20.9. The number of carbonyl (C=O) groups excluding carboxylic acids is 1. The summed E-state index contributed by atoms with van der Waals surface area (Å²) < 4.78 is 21.7. The molecule has 4 rings (SSSR count). The molecule has 0 bridgehead atoms. The fourth-order valence-electron chi connectivity index (χ4n) is 2.88. The van der Waals surface area contributed by atoms with Gasteiger partial charge in [-0.15, -0.1) is 0 Å². The number of pyridine rings is 1. The van der Waals surface area contributed by atoms with E-state index in [1.54, 1.807) is 49.6 Å². The van der Waals surface area contributed by atoms with Crippen LogP contribution < -0.4 is 15.0 Å². The molecule has 1 N–H and O–H groups in total. The van der Waals surface area contributed by atoms with Crippen molar-refractivity contribution >= 4 is 34.9 Å². The van der Waals surface area contributed by atoms with Crippen LogP contribution in [0.2, 0.25) is 0 Å². The van der Waals surface area contributed by atoms with E-state index in [9.17, 15) is 9.18 Å². The average molecular weight is 391 g/mol. The lowest BCUT2D eigenvalue weighted by Crippen LogP contribution is -2.14. The number of ether oxygens (including phenoxy) is 1. The van der Waals surface area contributed by atoms with E-state index in [0.29, 0.717) is 40.9 Å². The predicted molar refractivity (Wildman–Crippen MR) is 109 cm³/mol. The average Bonchev–Trinajstić information content (AvgIpc) is 3.04. The van der Waals surface area contributed by atoms with Crippen LogP contribution in [-0.4, -0.2) is 28.0 Å². The molecule has 1 amide bonds. The highest BCUT2D eigenvalue weighted by molar-refractivity contribution is 5.81. The van der Waals surface area contributed by atoms with Gasteiger partial charge in [0.25, 0.3) is 0 Å². The molecule has 0 aliphatic rings. The number of rotatable bonds is 6. The molecule has 0 aliphatic heterocycles. The zero-order valence-corrected chi connectivity index (χ0v) is 15.8. The lowest BCUT2D eigenvalue weighted by Gasteiger charge is -2.11. The normalized spacial score (nSPS) is 10.7. The lowest BCUT2D eigenvalue weighted by atomic mass is 10.3. The van der Waals surface area contributed by atoms with E-state index in [4.69, 9.17) is 4.74 Å². The standard InChI is InChI=1S/C21H18FN5O2/c1-26(13-28)20-12-15(9-10-23-20)29-14-7-8-19-18(11-14)25-21(27(19)2)24-17-6-4-3-5-16(17)22/h3-13H,1-2H3,(H,24,25). The second kappa shape index (κ2) is 7.59. The highest BCUT2D eigenvalue weighted by Crippen LogP contribution is 2.29. The molecule has 0 spiro atoms. The Bertz CT molecular complexity index is 1190. The first kappa shape index (κ1) is 18.4. The van der Waals surface area contributed by atoms with E-state index >= 15 is 0 Å². The number of aromatic nitrogens is 3. The first-order valence-electron chi connectivity index (χ1n) is 8.85. The number of imidazole rings is 1. The number of halogens is 1. The van der Waals surface area contributed by atoms with Crippen molar-refractivity contribution in [2.24, 2.45) is 7.05 Å². The van der Waals surface area contributed by atoms with Crippen molar-refractivity contribution < 1.29 is 13.9 Å². The van der Waals surface area contributed by atoms with Crippen LogP contribution in [0.3, 0.4) is 0 Å². The minimum Gasteiger partial charge on any atom is -0.457 e. The van der Waals surface area contributed by atoms with Crippen molar-refractivity contribution in [3.63, 3.8) is 0 Å². The molecule has 0 aliphatic carbocycles. The Kier molecular flexibility index (Phi) is 4.82. The van der Waals surface area contributed by atoms with Crippen LogP contribution in [0.1, 0.15) is 0 Å². The zero-order chi connectivity index (χ0) is 20.4. The van der Waals surface area contributed by atoms with Gasteiger partial charge in [0.1, 0.15) is 23.1 Å². The van der Waals surface area contributed by atoms with Gasteiger partial charge < -0.3 is 19.5 Å². The van der Waals surface area contributed by atoms with E-state index in [0.717, 1.165) is 5.52 Å². The van der Waals surface area contributed by atoms with Gasteiger partial charge in [0.05, 0.1) is 16.7 Å². The smallest absolute Gasteiger partial charge is 0.215 e. The molecule has 0 atom stereocenters. The summed E-state index contributed by atoms with van der Waals surface area (Å²) in [6.45, 7) is 0. The summed E-state index contributed by atoms with van der Waals surface area (Å²) in [6, 6.07) is 15.3. The van der Waals surface area contributed by atoms with Gasteiger partial charge in [0.2, 0.25) is 12.4 Å². The topological polar surface area (TPSA) is 72.3 Å². The quantitative estimate of drug-likeness (QED) is 0.498. The van der Waals surface area contributed by atoms with Crippen molar-refractivity contribution in [3.8, 4) is 11.5 Å². The fourth-order valence-corrected chi connectivity index (χ4v) is 2.88. The summed E-state index contributed by atoms with van der Waals surface area (Å²) in [6.07, 6.45) is 2.25. The Morgan fingerprint density at radius 3 is 2.72 bits per heavy atom. The number of nitrogens with one attached hydrogen (secondary N) is 1. The maximum absolute atomic E-state index is 13.9. The number of amides is 1. The van der Waals surface area contributed by atoms with Gasteiger partial charge in [-0.1, -0.05) is 12.1 Å². The third-order valence-electron chi connectivity index (χ3n) is 4.44. The molecule has 2 aromatic carbocycles. The van der Waals surface area contributed by atoms with Crippen LogP contribution >= 0.6 is 0 Å². The Hall–Kier alpha value is -3.94. The summed E-state index contributed by atoms with van der Waals surface area (Å²) in [5.74, 6) is 1.77. The molecule has 29 heavy (non-hydrogen) atoms. The largest absolute Gasteiger partial charge is 0.457 e. The van der Waals surface area contributed by atoms with Crippen LogP contribution in [0.4, 0.5) is 21.8 Å². The summed E-state index contributed by atoms with van der Waals surface area (Å²) in [5.41, 5.74) is 1.92. The van der Waals surface area contributed by atoms with E-state index in [-0.39, 0.29) is 5.82 Å². The second-order valence-electron chi connectivity index (χ2n) is 6.42. The summed E-state index contributed by atoms with van der Waals surface area (Å²) >= 11 is 0. The van der Waals surface area contributed by atoms with Crippen LogP contribution in [0.15, 0.2) is 60.8 Å². The number of para-hydroxylation sites is 1. The first-order chi connectivity index (χ1) is 14.0. The molecule has 0 saturated heterocycles. The molecule has 2 aromatic heterocycles. The van der Waals surface area contributed by atoms with E-state index < -0.39 is 0 Å². The van der Waals surface area contributed by atoms with Gasteiger partial charge in [-0.05, 0) is 30.3 Å². The van der Waals surface area contributed by atoms with Crippen LogP contribution in [0, 0.1) is 5.82 Å². The van der Waals surface area contributed by atoms with Crippen molar-refractivity contribution in [1.82, 2.24) is 14.5 Å². The van der Waals surface area contributed by atoms with Gasteiger partial charge in [-0.3, -0.25) is 4.79 Å². The molecule has 4 aromatic rings. The molecular formula is C21H18FN5O2. The van der Waals surface area contributed by atoms with Crippen LogP contribution in [0.25, 0.3) is 11.0 Å². The summed E-state index contributed by atoms with van der Waals surface area (Å²) in [5, 5.41) is 3.01. The van der Waals surface area contributed by atoms with Gasteiger partial charge in [-0.25, -0.2) is 14.4 Å². The Morgan fingerprint density at radius 2 is 1.93 bits per heavy atom. The van der Waals surface area contributed by atoms with Crippen molar-refractivity contribution in [1.29, 1.82) is 0 Å². The van der Waals surface area contributed by atoms with Crippen LogP contribution in [-0.2, 0) is 11.8 Å². The maximum Gasteiger partial charge on any atom is 0.215 e. The molecule has 2 heterocycles. The predicted octanol–water partition coefficient (Wildman–Crippen LogP) is 4.24. The van der Waals surface area contributed by atoms with Crippen molar-refractivity contribution in [3.05, 3.63) is 66.6 Å². The molecule has 0 unspecified atom stereocenters. The number of aryl methyl sites for hydroxylation is 1. The number of fused-ring (bicyclic) bond motifs is 1. The Morgan fingerprint density at radius 1 is 1.14 bits per heavy atom. The second-order valence-corrected chi connectivity index (χ2v) is 6.42. The molecule has 0 fully saturated rings. The summed E-state index contributed by atoms with van der Waals surface area (Å²) in [7, 11) is 3.46. The molecule has 146 valence electrons. The van der Waals surface area contributed by atoms with Gasteiger partial charge >= 0.3 is 0 Å². The minimum absolute atomic E-state index is 0.350. The highest BCUT2D eigenvalue weighted by Gasteiger charge is 2.11. The lowest BCUT2D eigenvalue weighted by molar-refractivity contribution is -0.107. The minimum atomic E-state index is -0.350.